The Morgan fingerprint density at radius 3 is 1.72 bits per heavy atom. The molecule has 0 N–H and O–H groups in total. The molecule has 0 spiro atoms. The summed E-state index contributed by atoms with van der Waals surface area (Å²) in [6, 6.07) is 72.5. The van der Waals surface area contributed by atoms with Gasteiger partial charge in [0.05, 0.1) is 16.5 Å². The van der Waals surface area contributed by atoms with Gasteiger partial charge in [0.2, 0.25) is 5.69 Å². The van der Waals surface area contributed by atoms with Gasteiger partial charge in [0.1, 0.15) is 7.05 Å². The smallest absolute Gasteiger partial charge is 0.217 e. The molecule has 0 saturated carbocycles. The average Bonchev–Trinajstić information content (AvgIpc) is 2.47. The monoisotopic (exact) mass is 1080 g/mol. The third-order valence-electron chi connectivity index (χ3n) is 19.6. The fourth-order valence-electron chi connectivity index (χ4n) is 15.2. The van der Waals surface area contributed by atoms with Gasteiger partial charge in [0.15, 0.2) is 5.71 Å². The number of benzene rings is 10. The summed E-state index contributed by atoms with van der Waals surface area (Å²) < 4.78 is 2.42. The molecule has 2 unspecified atom stereocenters. The topological polar surface area (TPSA) is 9.49 Å². The van der Waals surface area contributed by atoms with E-state index in [1.807, 2.05) is 0 Å². The van der Waals surface area contributed by atoms with E-state index in [-0.39, 0.29) is 21.7 Å². The lowest BCUT2D eigenvalue weighted by atomic mass is 9.69. The summed E-state index contributed by atoms with van der Waals surface area (Å²) in [5, 5.41) is 10.3. The predicted octanol–water partition coefficient (Wildman–Crippen LogP) is 19.2. The maximum Gasteiger partial charge on any atom is 0.217 e. The number of rotatable bonds is 12. The van der Waals surface area contributed by atoms with Crippen molar-refractivity contribution in [2.24, 2.45) is 0 Å². The summed E-state index contributed by atoms with van der Waals surface area (Å²) in [6.07, 6.45) is 16.4. The predicted molar refractivity (Wildman–Crippen MR) is 356 cm³/mol. The van der Waals surface area contributed by atoms with Crippen LogP contribution in [0.15, 0.2) is 254 Å². The van der Waals surface area contributed by atoms with Crippen LogP contribution in [0.4, 0.5) is 17.1 Å². The fourth-order valence-corrected chi connectivity index (χ4v) is 15.2. The molecule has 13 rings (SSSR count). The van der Waals surface area contributed by atoms with Gasteiger partial charge in [-0.05, 0) is 154 Å². The van der Waals surface area contributed by atoms with Crippen LogP contribution in [0.2, 0.25) is 0 Å². The van der Waals surface area contributed by atoms with E-state index in [1.165, 1.54) is 127 Å². The van der Waals surface area contributed by atoms with Crippen LogP contribution in [0.5, 0.6) is 0 Å². The van der Waals surface area contributed by atoms with Crippen molar-refractivity contribution in [3.05, 3.63) is 304 Å². The van der Waals surface area contributed by atoms with Crippen LogP contribution in [0.1, 0.15) is 91.6 Å². The van der Waals surface area contributed by atoms with Crippen LogP contribution in [-0.2, 0) is 40.9 Å². The van der Waals surface area contributed by atoms with Crippen LogP contribution in [0, 0.1) is 6.92 Å². The molecule has 0 fully saturated rings. The zero-order chi connectivity index (χ0) is 57.6. The highest BCUT2D eigenvalue weighted by Gasteiger charge is 2.46. The highest BCUT2D eigenvalue weighted by atomic mass is 15.2. The molecule has 3 aliphatic rings. The first kappa shape index (κ1) is 53.5. The van der Waals surface area contributed by atoms with Crippen LogP contribution in [0.3, 0.4) is 0 Å². The zero-order valence-electron chi connectivity index (χ0n) is 50.1. The molecule has 83 heavy (non-hydrogen) atoms. The Hall–Kier alpha value is -8.79. The molecule has 3 heterocycles. The molecule has 0 radical (unpaired) electrons. The first-order valence-corrected chi connectivity index (χ1v) is 29.7. The Morgan fingerprint density at radius 2 is 1.05 bits per heavy atom. The lowest BCUT2D eigenvalue weighted by Crippen LogP contribution is -2.29. The minimum absolute atomic E-state index is 0.141. The molecular weight excluding hydrogens is 1000 g/mol. The highest BCUT2D eigenvalue weighted by molar-refractivity contribution is 6.07. The highest BCUT2D eigenvalue weighted by Crippen LogP contribution is 2.53. The van der Waals surface area contributed by atoms with E-state index in [0.29, 0.717) is 0 Å². The first-order valence-electron chi connectivity index (χ1n) is 29.7. The van der Waals surface area contributed by atoms with E-state index < -0.39 is 0 Å². The minimum atomic E-state index is -0.388. The van der Waals surface area contributed by atoms with Gasteiger partial charge in [-0.3, -0.25) is 0 Å². The number of hydrogen-bond acceptors (Lipinski definition) is 2. The molecular formula is C80H76N3+. The standard InChI is InChI=1S/C80H76N3/c1-53-34-43-59-23-12-16-27-63(59)73(53)79(7,54(2)22-20-31-70-77(3,4)67-47-44-61-25-14-18-29-65(61)75(67)82(70)10)51-57-39-35-55(36-40-57)50-56-37-41-58(42-38-56)52-80(8)72(81(9)69-49-46-60-24-13-17-28-64(60)74(69)80)33-21-32-71-78(5,6)68-48-45-62-26-15-19-30-66(62)76(68)83(71)11/h12-49H,2,50-52H2,1,3-11H3/q+1/b22-20+,70-31+. The summed E-state index contributed by atoms with van der Waals surface area (Å²) in [4.78, 5) is 4.84. The maximum absolute atomic E-state index is 4.90. The normalized spacial score (nSPS) is 18.9. The number of likely N-dealkylation sites (N-methyl/N-ethyl adjacent to an activating group) is 2. The van der Waals surface area contributed by atoms with Gasteiger partial charge in [-0.1, -0.05) is 228 Å². The fraction of sp³-hybridized carbons (Fsp3) is 0.212. The number of hydrogen-bond donors (Lipinski definition) is 0. The second-order valence-electron chi connectivity index (χ2n) is 25.5. The molecule has 0 aromatic heterocycles. The summed E-state index contributed by atoms with van der Waals surface area (Å²) in [5.41, 5.74) is 19.9. The maximum atomic E-state index is 4.90. The van der Waals surface area contributed by atoms with Crippen LogP contribution < -0.4 is 9.80 Å². The van der Waals surface area contributed by atoms with Crippen molar-refractivity contribution in [2.45, 2.75) is 89.4 Å². The van der Waals surface area contributed by atoms with E-state index in [0.717, 1.165) is 24.8 Å². The number of nitrogens with zero attached hydrogens (tertiary/aromatic N) is 3. The second kappa shape index (κ2) is 20.3. The van der Waals surface area contributed by atoms with Crippen molar-refractivity contribution >= 4 is 65.9 Å². The SMILES string of the molecule is C=C(/C=C/C=C1/N(C)c2c(ccc3ccccc23)C1(C)C)C(C)(Cc1ccc(Cc2ccc(CC3(C)C(=CC=CC4=[N+](C)c5c(ccc6ccccc56)C4(C)C)N(C)c4ccc5ccccc5c43)cc2)cc1)c1c(C)ccc2ccccc12. The van der Waals surface area contributed by atoms with Crippen molar-refractivity contribution in [1.29, 1.82) is 0 Å². The van der Waals surface area contributed by atoms with E-state index in [4.69, 9.17) is 6.58 Å². The molecule has 0 aliphatic carbocycles. The number of allylic oxidation sites excluding steroid dienone is 9. The number of fused-ring (bicyclic) bond motifs is 10. The van der Waals surface area contributed by atoms with Crippen LogP contribution >= 0.6 is 0 Å². The molecule has 10 aromatic carbocycles. The van der Waals surface area contributed by atoms with Crippen molar-refractivity contribution in [1.82, 2.24) is 0 Å². The van der Waals surface area contributed by atoms with E-state index >= 15 is 0 Å². The van der Waals surface area contributed by atoms with Crippen LogP contribution in [0.25, 0.3) is 43.1 Å². The van der Waals surface area contributed by atoms with E-state index in [2.05, 4.69) is 315 Å². The van der Waals surface area contributed by atoms with Gasteiger partial charge >= 0.3 is 0 Å². The third-order valence-corrected chi connectivity index (χ3v) is 19.6. The van der Waals surface area contributed by atoms with Crippen molar-refractivity contribution in [3.63, 3.8) is 0 Å². The van der Waals surface area contributed by atoms with Crippen molar-refractivity contribution in [2.75, 3.05) is 30.9 Å². The van der Waals surface area contributed by atoms with Gasteiger partial charge in [0.25, 0.3) is 0 Å². The molecule has 3 nitrogen and oxygen atoms in total. The molecule has 0 bridgehead atoms. The van der Waals surface area contributed by atoms with E-state index in [9.17, 15) is 0 Å². The summed E-state index contributed by atoms with van der Waals surface area (Å²) in [6.45, 7) is 21.5. The number of aryl methyl sites for hydroxylation is 1. The summed E-state index contributed by atoms with van der Waals surface area (Å²) in [5.74, 6) is 0. The van der Waals surface area contributed by atoms with Gasteiger partial charge in [-0.25, -0.2) is 0 Å². The van der Waals surface area contributed by atoms with Gasteiger partial charge in [-0.2, -0.15) is 4.58 Å². The Morgan fingerprint density at radius 1 is 0.530 bits per heavy atom. The Balaban J connectivity index is 0.766. The summed E-state index contributed by atoms with van der Waals surface area (Å²) >= 11 is 0. The second-order valence-corrected chi connectivity index (χ2v) is 25.5. The quantitative estimate of drug-likeness (QED) is 0.0891. The van der Waals surface area contributed by atoms with Crippen molar-refractivity contribution < 1.29 is 4.58 Å². The zero-order valence-corrected chi connectivity index (χ0v) is 50.1. The molecule has 0 saturated heterocycles. The largest absolute Gasteiger partial charge is 0.347 e. The first-order chi connectivity index (χ1) is 40.0. The third kappa shape index (κ3) is 8.82. The Bertz CT molecular complexity index is 4440. The molecule has 2 atom stereocenters. The lowest BCUT2D eigenvalue weighted by molar-refractivity contribution is -0.399. The van der Waals surface area contributed by atoms with Gasteiger partial charge in [-0.15, -0.1) is 0 Å². The van der Waals surface area contributed by atoms with Crippen molar-refractivity contribution in [3.8, 4) is 0 Å². The molecule has 0 amide bonds. The number of anilines is 2. The van der Waals surface area contributed by atoms with Crippen LogP contribution in [-0.4, -0.2) is 31.4 Å². The minimum Gasteiger partial charge on any atom is -0.347 e. The molecule has 3 aliphatic heterocycles. The molecule has 410 valence electrons. The average molecular weight is 1080 g/mol. The Kier molecular flexibility index (Phi) is 13.1. The van der Waals surface area contributed by atoms with E-state index in [1.54, 1.807) is 0 Å². The molecule has 10 aromatic rings. The van der Waals surface area contributed by atoms with Gasteiger partial charge < -0.3 is 9.80 Å². The Labute approximate surface area is 492 Å². The summed E-state index contributed by atoms with van der Waals surface area (Å²) in [7, 11) is 6.70. The van der Waals surface area contributed by atoms with Gasteiger partial charge in [0, 0.05) is 64.4 Å². The molecule has 3 heteroatoms. The lowest BCUT2D eigenvalue weighted by Gasteiger charge is -2.34.